The Morgan fingerprint density at radius 1 is 1.32 bits per heavy atom. The van der Waals surface area contributed by atoms with Crippen LogP contribution in [0.15, 0.2) is 24.3 Å². The predicted octanol–water partition coefficient (Wildman–Crippen LogP) is 2.31. The molecule has 0 saturated heterocycles. The van der Waals surface area contributed by atoms with Crippen LogP contribution in [0.1, 0.15) is 12.5 Å². The molecule has 8 heteroatoms. The average Bonchev–Trinajstić information content (AvgIpc) is 2.44. The van der Waals surface area contributed by atoms with E-state index in [0.717, 1.165) is 12.2 Å². The van der Waals surface area contributed by atoms with Gasteiger partial charge in [0.2, 0.25) is 0 Å². The van der Waals surface area contributed by atoms with Crippen molar-refractivity contribution in [1.82, 2.24) is 5.32 Å². The Bertz CT molecular complexity index is 583. The van der Waals surface area contributed by atoms with Crippen LogP contribution in [0.2, 0.25) is 5.02 Å². The van der Waals surface area contributed by atoms with Crippen LogP contribution in [0.4, 0.5) is 9.18 Å². The van der Waals surface area contributed by atoms with Crippen molar-refractivity contribution in [1.29, 1.82) is 0 Å². The molecular weight excluding hydrogens is 317 g/mol. The standard InChI is InChI=1S/C14H13ClFNO5/c1-2-21-14(20)17-12(18)8-22-13(19)7-6-9-10(15)4-3-5-11(9)16/h3-7H,2,8H2,1H3,(H,17,18,20)/b7-6+. The quantitative estimate of drug-likeness (QED) is 0.662. The third kappa shape index (κ3) is 5.92. The van der Waals surface area contributed by atoms with E-state index in [1.807, 2.05) is 5.32 Å². The maximum absolute atomic E-state index is 13.4. The highest BCUT2D eigenvalue weighted by Crippen LogP contribution is 2.20. The summed E-state index contributed by atoms with van der Waals surface area (Å²) in [5, 5.41) is 1.97. The second-order valence-electron chi connectivity index (χ2n) is 3.85. The Morgan fingerprint density at radius 3 is 2.68 bits per heavy atom. The maximum Gasteiger partial charge on any atom is 0.413 e. The fraction of sp³-hybridized carbons (Fsp3) is 0.214. The first-order chi connectivity index (χ1) is 10.4. The number of amides is 2. The number of carbonyl (C=O) groups is 3. The molecule has 0 radical (unpaired) electrons. The van der Waals surface area contributed by atoms with Gasteiger partial charge in [-0.05, 0) is 25.1 Å². The second-order valence-corrected chi connectivity index (χ2v) is 4.25. The largest absolute Gasteiger partial charge is 0.452 e. The lowest BCUT2D eigenvalue weighted by molar-refractivity contribution is -0.143. The molecule has 0 saturated carbocycles. The van der Waals surface area contributed by atoms with Gasteiger partial charge in [0.15, 0.2) is 6.61 Å². The number of halogens is 2. The topological polar surface area (TPSA) is 81.7 Å². The smallest absolute Gasteiger partial charge is 0.413 e. The molecule has 0 bridgehead atoms. The fourth-order valence-corrected chi connectivity index (χ4v) is 1.55. The summed E-state index contributed by atoms with van der Waals surface area (Å²) in [6, 6.07) is 4.07. The van der Waals surface area contributed by atoms with E-state index < -0.39 is 30.4 Å². The summed E-state index contributed by atoms with van der Waals surface area (Å²) in [5.41, 5.74) is 0.0251. The number of nitrogens with one attached hydrogen (secondary N) is 1. The van der Waals surface area contributed by atoms with Gasteiger partial charge in [-0.25, -0.2) is 14.0 Å². The monoisotopic (exact) mass is 329 g/mol. The number of imide groups is 1. The van der Waals surface area contributed by atoms with Crippen LogP contribution in [-0.4, -0.2) is 31.2 Å². The summed E-state index contributed by atoms with van der Waals surface area (Å²) in [4.78, 5) is 33.5. The number of rotatable bonds is 5. The number of hydrogen-bond acceptors (Lipinski definition) is 5. The van der Waals surface area contributed by atoms with Gasteiger partial charge in [-0.2, -0.15) is 0 Å². The van der Waals surface area contributed by atoms with Gasteiger partial charge in [-0.1, -0.05) is 17.7 Å². The highest BCUT2D eigenvalue weighted by molar-refractivity contribution is 6.32. The molecule has 0 atom stereocenters. The zero-order valence-corrected chi connectivity index (χ0v) is 12.4. The summed E-state index contributed by atoms with van der Waals surface area (Å²) < 4.78 is 22.5. The van der Waals surface area contributed by atoms with Crippen LogP contribution < -0.4 is 5.32 Å². The van der Waals surface area contributed by atoms with Gasteiger partial charge < -0.3 is 9.47 Å². The van der Waals surface area contributed by atoms with Gasteiger partial charge in [-0.15, -0.1) is 0 Å². The lowest BCUT2D eigenvalue weighted by atomic mass is 10.2. The minimum Gasteiger partial charge on any atom is -0.452 e. The van der Waals surface area contributed by atoms with Crippen molar-refractivity contribution in [2.75, 3.05) is 13.2 Å². The fourth-order valence-electron chi connectivity index (χ4n) is 1.32. The molecule has 0 fully saturated rings. The van der Waals surface area contributed by atoms with Crippen LogP contribution >= 0.6 is 11.6 Å². The van der Waals surface area contributed by atoms with Crippen molar-refractivity contribution < 1.29 is 28.2 Å². The first kappa shape index (κ1) is 17.6. The van der Waals surface area contributed by atoms with Crippen molar-refractivity contribution in [3.05, 3.63) is 40.7 Å². The number of hydrogen-bond donors (Lipinski definition) is 1. The molecule has 2 amide bonds. The minimum atomic E-state index is -0.933. The minimum absolute atomic E-state index is 0.0251. The Labute approximate surface area is 130 Å². The van der Waals surface area contributed by atoms with E-state index in [1.165, 1.54) is 18.2 Å². The van der Waals surface area contributed by atoms with E-state index in [-0.39, 0.29) is 17.2 Å². The molecule has 0 unspecified atom stereocenters. The molecule has 1 rings (SSSR count). The van der Waals surface area contributed by atoms with Gasteiger partial charge in [0.1, 0.15) is 5.82 Å². The van der Waals surface area contributed by atoms with E-state index in [1.54, 1.807) is 6.92 Å². The lowest BCUT2D eigenvalue weighted by Crippen LogP contribution is -2.34. The zero-order chi connectivity index (χ0) is 16.5. The van der Waals surface area contributed by atoms with Crippen molar-refractivity contribution in [2.45, 2.75) is 6.92 Å². The van der Waals surface area contributed by atoms with Crippen molar-refractivity contribution >= 4 is 35.6 Å². The molecule has 1 N–H and O–H groups in total. The molecule has 6 nitrogen and oxygen atoms in total. The molecule has 0 aliphatic heterocycles. The van der Waals surface area contributed by atoms with Gasteiger partial charge in [0.25, 0.3) is 5.91 Å². The molecule has 22 heavy (non-hydrogen) atoms. The van der Waals surface area contributed by atoms with Crippen LogP contribution in [0, 0.1) is 5.82 Å². The average molecular weight is 330 g/mol. The summed E-state index contributed by atoms with van der Waals surface area (Å²) >= 11 is 5.77. The van der Waals surface area contributed by atoms with E-state index in [0.29, 0.717) is 0 Å². The SMILES string of the molecule is CCOC(=O)NC(=O)COC(=O)/C=C/c1c(F)cccc1Cl. The van der Waals surface area contributed by atoms with Crippen molar-refractivity contribution in [3.8, 4) is 0 Å². The normalized spacial score (nSPS) is 10.3. The first-order valence-corrected chi connectivity index (χ1v) is 6.57. The van der Waals surface area contributed by atoms with Gasteiger partial charge in [0.05, 0.1) is 11.6 Å². The van der Waals surface area contributed by atoms with Gasteiger partial charge in [-0.3, -0.25) is 10.1 Å². The Kier molecular flexibility index (Phi) is 7.04. The van der Waals surface area contributed by atoms with Gasteiger partial charge >= 0.3 is 12.1 Å². The Morgan fingerprint density at radius 2 is 2.05 bits per heavy atom. The van der Waals surface area contributed by atoms with E-state index in [4.69, 9.17) is 11.6 Å². The number of esters is 1. The van der Waals surface area contributed by atoms with Gasteiger partial charge in [0, 0.05) is 11.6 Å². The molecule has 0 heterocycles. The molecule has 0 aliphatic carbocycles. The van der Waals surface area contributed by atoms with Crippen LogP contribution in [0.5, 0.6) is 0 Å². The number of carbonyl (C=O) groups excluding carboxylic acids is 3. The second kappa shape index (κ2) is 8.78. The van der Waals surface area contributed by atoms with Crippen LogP contribution in [0.3, 0.4) is 0 Å². The predicted molar refractivity (Wildman–Crippen MR) is 76.6 cm³/mol. The molecule has 118 valence electrons. The van der Waals surface area contributed by atoms with E-state index in [2.05, 4.69) is 9.47 Å². The molecule has 1 aromatic carbocycles. The zero-order valence-electron chi connectivity index (χ0n) is 11.6. The Balaban J connectivity index is 2.48. The highest BCUT2D eigenvalue weighted by atomic mass is 35.5. The first-order valence-electron chi connectivity index (χ1n) is 6.19. The summed E-state index contributed by atoms with van der Waals surface area (Å²) in [5.74, 6) is -2.33. The third-order valence-corrected chi connectivity index (χ3v) is 2.58. The summed E-state index contributed by atoms with van der Waals surface area (Å²) in [6.07, 6.45) is 1.11. The summed E-state index contributed by atoms with van der Waals surface area (Å²) in [6.45, 7) is 1.00. The van der Waals surface area contributed by atoms with E-state index >= 15 is 0 Å². The maximum atomic E-state index is 13.4. The molecular formula is C14H13ClFNO5. The Hall–Kier alpha value is -2.41. The third-order valence-electron chi connectivity index (χ3n) is 2.25. The number of benzene rings is 1. The lowest BCUT2D eigenvalue weighted by Gasteiger charge is -2.04. The number of ether oxygens (including phenoxy) is 2. The van der Waals surface area contributed by atoms with Crippen LogP contribution in [0.25, 0.3) is 6.08 Å². The number of alkyl carbamates (subject to hydrolysis) is 1. The van der Waals surface area contributed by atoms with Crippen LogP contribution in [-0.2, 0) is 19.1 Å². The summed E-state index contributed by atoms with van der Waals surface area (Å²) in [7, 11) is 0. The van der Waals surface area contributed by atoms with Crippen molar-refractivity contribution in [2.24, 2.45) is 0 Å². The molecule has 1 aromatic rings. The molecule has 0 aromatic heterocycles. The van der Waals surface area contributed by atoms with E-state index in [9.17, 15) is 18.8 Å². The molecule has 0 spiro atoms. The molecule has 0 aliphatic rings. The highest BCUT2D eigenvalue weighted by Gasteiger charge is 2.10. The van der Waals surface area contributed by atoms with Crippen molar-refractivity contribution in [3.63, 3.8) is 0 Å².